The summed E-state index contributed by atoms with van der Waals surface area (Å²) in [7, 11) is 0. The topological polar surface area (TPSA) is 30.2 Å². The van der Waals surface area contributed by atoms with Gasteiger partial charge in [0, 0.05) is 6.54 Å². The Kier molecular flexibility index (Phi) is 4.82. The predicted molar refractivity (Wildman–Crippen MR) is 56.9 cm³/mol. The van der Waals surface area contributed by atoms with Gasteiger partial charge < -0.3 is 4.57 Å². The Hall–Kier alpha value is -0.0600. The molecule has 0 N–H and O–H groups in total. The fraction of sp³-hybridized carbons (Fsp3) is 0.333. The number of hydrogen-bond donors (Lipinski definition) is 0. The van der Waals surface area contributed by atoms with Gasteiger partial charge in [-0.25, -0.2) is 4.98 Å². The number of imidazole rings is 1. The molecule has 0 unspecified atom stereocenters. The number of hydrogen-bond acceptors (Lipinski definition) is 2. The molecule has 0 aromatic carbocycles. The van der Waals surface area contributed by atoms with E-state index in [2.05, 4.69) is 30.5 Å². The van der Waals surface area contributed by atoms with Crippen molar-refractivity contribution in [3.63, 3.8) is 0 Å². The van der Waals surface area contributed by atoms with Crippen molar-refractivity contribution in [2.24, 2.45) is 4.99 Å². The van der Waals surface area contributed by atoms with Gasteiger partial charge in [0.05, 0.1) is 19.0 Å². The van der Waals surface area contributed by atoms with Crippen LogP contribution in [0.1, 0.15) is 5.82 Å². The fourth-order valence-electron chi connectivity index (χ4n) is 0.997. The van der Waals surface area contributed by atoms with E-state index in [1.54, 1.807) is 12.4 Å². The van der Waals surface area contributed by atoms with E-state index >= 15 is 0 Å². The van der Waals surface area contributed by atoms with Crippen LogP contribution in [0.3, 0.4) is 0 Å². The first-order chi connectivity index (χ1) is 4.88. The molecule has 12 heavy (non-hydrogen) atoms. The van der Waals surface area contributed by atoms with E-state index in [1.807, 2.05) is 0 Å². The largest absolute Gasteiger partial charge is 0.316 e. The predicted octanol–water partition coefficient (Wildman–Crippen LogP) is 1.92. The zero-order valence-corrected chi connectivity index (χ0v) is 9.32. The Labute approximate surface area is 91.2 Å². The molecule has 0 amide bonds. The van der Waals surface area contributed by atoms with Crippen molar-refractivity contribution < 1.29 is 0 Å². The number of aliphatic imine (C=N–C) groups is 1. The summed E-state index contributed by atoms with van der Waals surface area (Å²) in [5.74, 6) is 0.943. The van der Waals surface area contributed by atoms with Gasteiger partial charge in [-0.1, -0.05) is 0 Å². The molecule has 1 aromatic heterocycles. The van der Waals surface area contributed by atoms with Gasteiger partial charge in [0.1, 0.15) is 4.60 Å². The Bertz CT molecular complexity index is 284. The second-order valence-corrected chi connectivity index (χ2v) is 2.94. The summed E-state index contributed by atoms with van der Waals surface area (Å²) in [6, 6.07) is 0. The van der Waals surface area contributed by atoms with Crippen molar-refractivity contribution >= 4 is 47.0 Å². The van der Waals surface area contributed by atoms with Gasteiger partial charge >= 0.3 is 0 Å². The molecule has 1 aromatic rings. The third kappa shape index (κ3) is 2.00. The van der Waals surface area contributed by atoms with Crippen LogP contribution < -0.4 is 0 Å². The summed E-state index contributed by atoms with van der Waals surface area (Å²) < 4.78 is 3.13. The highest BCUT2D eigenvalue weighted by atomic mass is 79.9. The van der Waals surface area contributed by atoms with Crippen LogP contribution in [0.2, 0.25) is 0 Å². The molecule has 0 spiro atoms. The summed E-state index contributed by atoms with van der Waals surface area (Å²) in [5.41, 5.74) is 0. The Morgan fingerprint density at radius 2 is 2.17 bits per heavy atom. The van der Waals surface area contributed by atoms with Crippen molar-refractivity contribution in [3.05, 3.63) is 16.6 Å². The summed E-state index contributed by atoms with van der Waals surface area (Å²) in [5, 5.41) is 0. The van der Waals surface area contributed by atoms with Gasteiger partial charge in [0.25, 0.3) is 0 Å². The van der Waals surface area contributed by atoms with E-state index in [4.69, 9.17) is 0 Å². The minimum absolute atomic E-state index is 0. The lowest BCUT2D eigenvalue weighted by Gasteiger charge is -2.07. The maximum Gasteiger partial charge on any atom is 0.151 e. The summed E-state index contributed by atoms with van der Waals surface area (Å²) in [6.07, 6.45) is 3.60. The lowest BCUT2D eigenvalue weighted by molar-refractivity contribution is 0.676. The zero-order chi connectivity index (χ0) is 6.97. The molecule has 2 rings (SSSR count). The standard InChI is InChI=1S/C6H6BrN3.2ClH/c7-5-3-9-6-4-8-1-2-10(5)6;;/h3-4H,1-2H2;2*1H. The van der Waals surface area contributed by atoms with E-state index in [9.17, 15) is 0 Å². The van der Waals surface area contributed by atoms with Crippen LogP contribution in [0.4, 0.5) is 0 Å². The van der Waals surface area contributed by atoms with Crippen LogP contribution in [0.5, 0.6) is 0 Å². The third-order valence-electron chi connectivity index (χ3n) is 1.50. The van der Waals surface area contributed by atoms with Gasteiger partial charge in [-0.2, -0.15) is 0 Å². The molecule has 0 fully saturated rings. The normalized spacial score (nSPS) is 12.8. The molecule has 0 atom stereocenters. The van der Waals surface area contributed by atoms with Crippen LogP contribution in [-0.2, 0) is 6.54 Å². The number of rotatable bonds is 0. The molecule has 1 aliphatic rings. The Morgan fingerprint density at radius 3 is 2.83 bits per heavy atom. The van der Waals surface area contributed by atoms with Crippen LogP contribution in [0, 0.1) is 0 Å². The maximum atomic E-state index is 4.12. The first kappa shape index (κ1) is 11.9. The lowest BCUT2D eigenvalue weighted by Crippen LogP contribution is -2.11. The zero-order valence-electron chi connectivity index (χ0n) is 6.11. The van der Waals surface area contributed by atoms with E-state index in [-0.39, 0.29) is 24.8 Å². The molecule has 0 aliphatic carbocycles. The van der Waals surface area contributed by atoms with Crippen LogP contribution in [0.25, 0.3) is 0 Å². The van der Waals surface area contributed by atoms with Crippen molar-refractivity contribution in [2.75, 3.05) is 6.54 Å². The van der Waals surface area contributed by atoms with Crippen molar-refractivity contribution in [3.8, 4) is 0 Å². The average molecular weight is 273 g/mol. The van der Waals surface area contributed by atoms with E-state index in [0.29, 0.717) is 0 Å². The van der Waals surface area contributed by atoms with E-state index in [0.717, 1.165) is 23.5 Å². The highest BCUT2D eigenvalue weighted by Gasteiger charge is 2.07. The molecule has 0 saturated heterocycles. The second kappa shape index (κ2) is 4.84. The molecule has 1 aliphatic heterocycles. The van der Waals surface area contributed by atoms with E-state index < -0.39 is 0 Å². The molecular formula is C6H8BrCl2N3. The quantitative estimate of drug-likeness (QED) is 0.710. The molecule has 0 saturated carbocycles. The summed E-state index contributed by atoms with van der Waals surface area (Å²) in [4.78, 5) is 8.23. The van der Waals surface area contributed by atoms with Gasteiger partial charge in [0.15, 0.2) is 5.82 Å². The Balaban J connectivity index is 0.000000605. The van der Waals surface area contributed by atoms with Crippen LogP contribution in [-0.4, -0.2) is 22.3 Å². The van der Waals surface area contributed by atoms with Gasteiger partial charge in [0.2, 0.25) is 0 Å². The smallest absolute Gasteiger partial charge is 0.151 e. The molecular weight excluding hydrogens is 265 g/mol. The second-order valence-electron chi connectivity index (χ2n) is 2.13. The first-order valence-electron chi connectivity index (χ1n) is 3.09. The fourth-order valence-corrected chi connectivity index (χ4v) is 1.46. The summed E-state index contributed by atoms with van der Waals surface area (Å²) >= 11 is 3.39. The maximum absolute atomic E-state index is 4.12. The minimum Gasteiger partial charge on any atom is -0.316 e. The highest BCUT2D eigenvalue weighted by molar-refractivity contribution is 9.10. The lowest BCUT2D eigenvalue weighted by atomic mass is 10.5. The molecule has 68 valence electrons. The minimum atomic E-state index is 0. The first-order valence-corrected chi connectivity index (χ1v) is 3.88. The van der Waals surface area contributed by atoms with Crippen molar-refractivity contribution in [1.29, 1.82) is 0 Å². The molecule has 3 nitrogen and oxygen atoms in total. The number of aromatic nitrogens is 2. The number of halogens is 3. The summed E-state index contributed by atoms with van der Waals surface area (Å²) in [6.45, 7) is 1.80. The average Bonchev–Trinajstić information content (AvgIpc) is 2.34. The monoisotopic (exact) mass is 271 g/mol. The third-order valence-corrected chi connectivity index (χ3v) is 2.13. The van der Waals surface area contributed by atoms with Crippen molar-refractivity contribution in [1.82, 2.24) is 9.55 Å². The van der Waals surface area contributed by atoms with E-state index in [1.165, 1.54) is 0 Å². The van der Waals surface area contributed by atoms with Crippen LogP contribution in [0.15, 0.2) is 15.8 Å². The number of nitrogens with zero attached hydrogens (tertiary/aromatic N) is 3. The molecule has 2 heterocycles. The van der Waals surface area contributed by atoms with Gasteiger partial charge in [-0.05, 0) is 15.9 Å². The molecule has 0 bridgehead atoms. The molecule has 6 heteroatoms. The SMILES string of the molecule is Brc1cnc2n1CCN=C2.Cl.Cl. The highest BCUT2D eigenvalue weighted by Crippen LogP contribution is 2.12. The number of fused-ring (bicyclic) bond motifs is 1. The van der Waals surface area contributed by atoms with Crippen molar-refractivity contribution in [2.45, 2.75) is 6.54 Å². The van der Waals surface area contributed by atoms with Crippen LogP contribution >= 0.6 is 40.7 Å². The van der Waals surface area contributed by atoms with Gasteiger partial charge in [-0.3, -0.25) is 4.99 Å². The molecule has 0 radical (unpaired) electrons. The Morgan fingerprint density at radius 1 is 1.42 bits per heavy atom. The van der Waals surface area contributed by atoms with Gasteiger partial charge in [-0.15, -0.1) is 24.8 Å².